The number of piperidine rings is 1. The van der Waals surface area contributed by atoms with Crippen molar-refractivity contribution in [2.45, 2.75) is 51.1 Å². The molecule has 2 bridgehead atoms. The van der Waals surface area contributed by atoms with Gasteiger partial charge < -0.3 is 20.4 Å². The van der Waals surface area contributed by atoms with Crippen molar-refractivity contribution >= 4 is 24.2 Å². The molecule has 1 aliphatic heterocycles. The standard InChI is InChI=1S/C19H27N3O3.ClH/c1-11-15(6-9-25-11)18(23)21-14-4-7-22(8-5-14)19(24)16-12-2-3-13(10-12)17(16)20;/h6,9,12-14,16-17H,2-5,7-8,10,20H2,1H3,(H,21,23);1H. The van der Waals surface area contributed by atoms with Gasteiger partial charge in [-0.15, -0.1) is 12.4 Å². The van der Waals surface area contributed by atoms with Crippen molar-refractivity contribution in [3.63, 3.8) is 0 Å². The minimum absolute atomic E-state index is 0. The molecule has 2 heterocycles. The summed E-state index contributed by atoms with van der Waals surface area (Å²) in [5.74, 6) is 1.86. The van der Waals surface area contributed by atoms with Gasteiger partial charge in [-0.25, -0.2) is 0 Å². The molecule has 2 saturated carbocycles. The number of nitrogens with one attached hydrogen (secondary N) is 1. The van der Waals surface area contributed by atoms with Crippen molar-refractivity contribution in [3.05, 3.63) is 23.7 Å². The number of carbonyl (C=O) groups is 2. The highest BCUT2D eigenvalue weighted by molar-refractivity contribution is 5.95. The molecule has 3 aliphatic rings. The van der Waals surface area contributed by atoms with Crippen LogP contribution in [0.2, 0.25) is 0 Å². The van der Waals surface area contributed by atoms with E-state index in [1.807, 2.05) is 4.90 Å². The number of amides is 2. The van der Waals surface area contributed by atoms with Crippen molar-refractivity contribution in [1.82, 2.24) is 10.2 Å². The fraction of sp³-hybridized carbons (Fsp3) is 0.684. The Bertz CT molecular complexity index is 667. The molecule has 0 aromatic carbocycles. The van der Waals surface area contributed by atoms with Gasteiger partial charge in [0.05, 0.1) is 17.7 Å². The summed E-state index contributed by atoms with van der Waals surface area (Å²) in [6.45, 7) is 3.19. The molecule has 1 aromatic rings. The molecule has 144 valence electrons. The predicted molar refractivity (Wildman–Crippen MR) is 100 cm³/mol. The smallest absolute Gasteiger partial charge is 0.255 e. The van der Waals surface area contributed by atoms with Gasteiger partial charge >= 0.3 is 0 Å². The van der Waals surface area contributed by atoms with Gasteiger partial charge in [0.1, 0.15) is 5.76 Å². The van der Waals surface area contributed by atoms with Crippen LogP contribution in [0.25, 0.3) is 0 Å². The molecule has 4 unspecified atom stereocenters. The number of rotatable bonds is 3. The number of nitrogens with two attached hydrogens (primary N) is 1. The topological polar surface area (TPSA) is 88.6 Å². The van der Waals surface area contributed by atoms with E-state index in [2.05, 4.69) is 5.32 Å². The van der Waals surface area contributed by atoms with Gasteiger partial charge in [-0.1, -0.05) is 0 Å². The predicted octanol–water partition coefficient (Wildman–Crippen LogP) is 2.10. The van der Waals surface area contributed by atoms with E-state index in [0.29, 0.717) is 36.2 Å². The molecular weight excluding hydrogens is 354 g/mol. The first-order chi connectivity index (χ1) is 12.0. The zero-order valence-corrected chi connectivity index (χ0v) is 16.0. The Kier molecular flexibility index (Phi) is 5.63. The van der Waals surface area contributed by atoms with Crippen molar-refractivity contribution < 1.29 is 14.0 Å². The summed E-state index contributed by atoms with van der Waals surface area (Å²) in [6.07, 6.45) is 6.61. The number of hydrogen-bond acceptors (Lipinski definition) is 4. The summed E-state index contributed by atoms with van der Waals surface area (Å²) in [4.78, 5) is 27.2. The van der Waals surface area contributed by atoms with Crippen molar-refractivity contribution in [2.24, 2.45) is 23.5 Å². The molecule has 1 saturated heterocycles. The third-order valence-electron chi connectivity index (χ3n) is 6.51. The molecule has 0 radical (unpaired) electrons. The second-order valence-corrected chi connectivity index (χ2v) is 7.90. The molecule has 2 aliphatic carbocycles. The number of hydrogen-bond donors (Lipinski definition) is 2. The van der Waals surface area contributed by atoms with Crippen LogP contribution in [0.1, 0.15) is 48.2 Å². The molecule has 6 nitrogen and oxygen atoms in total. The lowest BCUT2D eigenvalue weighted by atomic mass is 9.83. The Hall–Kier alpha value is -1.53. The zero-order valence-electron chi connectivity index (χ0n) is 15.1. The monoisotopic (exact) mass is 381 g/mol. The molecule has 1 aromatic heterocycles. The molecule has 3 N–H and O–H groups in total. The van der Waals surface area contributed by atoms with Crippen LogP contribution in [-0.4, -0.2) is 41.9 Å². The fourth-order valence-electron chi connectivity index (χ4n) is 5.04. The van der Waals surface area contributed by atoms with E-state index in [-0.39, 0.29) is 42.2 Å². The van der Waals surface area contributed by atoms with Crippen LogP contribution in [0.15, 0.2) is 16.7 Å². The first kappa shape index (κ1) is 19.2. The molecule has 2 amide bonds. The lowest BCUT2D eigenvalue weighted by Gasteiger charge is -2.37. The Labute approximate surface area is 160 Å². The highest BCUT2D eigenvalue weighted by Crippen LogP contribution is 2.48. The van der Waals surface area contributed by atoms with E-state index in [0.717, 1.165) is 25.7 Å². The highest BCUT2D eigenvalue weighted by atomic mass is 35.5. The van der Waals surface area contributed by atoms with Crippen LogP contribution >= 0.6 is 12.4 Å². The Morgan fingerprint density at radius 1 is 1.19 bits per heavy atom. The lowest BCUT2D eigenvalue weighted by molar-refractivity contribution is -0.138. The van der Waals surface area contributed by atoms with E-state index in [4.69, 9.17) is 10.2 Å². The van der Waals surface area contributed by atoms with Gasteiger partial charge in [0.15, 0.2) is 0 Å². The van der Waals surface area contributed by atoms with Crippen molar-refractivity contribution in [1.29, 1.82) is 0 Å². The summed E-state index contributed by atoms with van der Waals surface area (Å²) in [6, 6.07) is 1.85. The summed E-state index contributed by atoms with van der Waals surface area (Å²) >= 11 is 0. The number of fused-ring (bicyclic) bond motifs is 2. The number of halogens is 1. The van der Waals surface area contributed by atoms with E-state index in [9.17, 15) is 9.59 Å². The van der Waals surface area contributed by atoms with Gasteiger partial charge in [-0.05, 0) is 56.9 Å². The van der Waals surface area contributed by atoms with Gasteiger partial charge in [0, 0.05) is 25.2 Å². The molecule has 26 heavy (non-hydrogen) atoms. The van der Waals surface area contributed by atoms with Gasteiger partial charge in [-0.2, -0.15) is 0 Å². The third-order valence-corrected chi connectivity index (χ3v) is 6.51. The quantitative estimate of drug-likeness (QED) is 0.839. The normalized spacial score (nSPS) is 30.9. The average molecular weight is 382 g/mol. The van der Waals surface area contributed by atoms with Crippen LogP contribution in [0.3, 0.4) is 0 Å². The molecular formula is C19H28ClN3O3. The van der Waals surface area contributed by atoms with Gasteiger partial charge in [0.2, 0.25) is 5.91 Å². The number of carbonyl (C=O) groups excluding carboxylic acids is 2. The second kappa shape index (κ2) is 7.61. The maximum absolute atomic E-state index is 12.9. The first-order valence-corrected chi connectivity index (χ1v) is 9.44. The van der Waals surface area contributed by atoms with Crippen LogP contribution in [-0.2, 0) is 4.79 Å². The van der Waals surface area contributed by atoms with Crippen molar-refractivity contribution in [2.75, 3.05) is 13.1 Å². The Morgan fingerprint density at radius 3 is 2.46 bits per heavy atom. The fourth-order valence-corrected chi connectivity index (χ4v) is 5.04. The van der Waals surface area contributed by atoms with E-state index < -0.39 is 0 Å². The first-order valence-electron chi connectivity index (χ1n) is 9.44. The minimum Gasteiger partial charge on any atom is -0.469 e. The number of aryl methyl sites for hydroxylation is 1. The van der Waals surface area contributed by atoms with Gasteiger partial charge in [0.25, 0.3) is 5.91 Å². The number of furan rings is 1. The number of likely N-dealkylation sites (tertiary alicyclic amines) is 1. The van der Waals surface area contributed by atoms with E-state index >= 15 is 0 Å². The molecule has 3 fully saturated rings. The third kappa shape index (κ3) is 3.37. The largest absolute Gasteiger partial charge is 0.469 e. The SMILES string of the molecule is Cc1occc1C(=O)NC1CCN(C(=O)C2C3CCC(C3)C2N)CC1.Cl. The second-order valence-electron chi connectivity index (χ2n) is 7.90. The minimum atomic E-state index is -0.0915. The molecule has 4 rings (SSSR count). The summed E-state index contributed by atoms with van der Waals surface area (Å²) in [5, 5.41) is 3.07. The molecule has 7 heteroatoms. The zero-order chi connectivity index (χ0) is 17.6. The van der Waals surface area contributed by atoms with Gasteiger partial charge in [-0.3, -0.25) is 9.59 Å². The van der Waals surface area contributed by atoms with Crippen molar-refractivity contribution in [3.8, 4) is 0 Å². The maximum Gasteiger partial charge on any atom is 0.255 e. The number of nitrogens with zero attached hydrogens (tertiary/aromatic N) is 1. The maximum atomic E-state index is 12.9. The van der Waals surface area contributed by atoms with E-state index in [1.54, 1.807) is 13.0 Å². The van der Waals surface area contributed by atoms with Crippen LogP contribution in [0.5, 0.6) is 0 Å². The summed E-state index contributed by atoms with van der Waals surface area (Å²) in [7, 11) is 0. The van der Waals surface area contributed by atoms with E-state index in [1.165, 1.54) is 12.7 Å². The lowest BCUT2D eigenvalue weighted by Crippen LogP contribution is -2.51. The molecule has 4 atom stereocenters. The highest BCUT2D eigenvalue weighted by Gasteiger charge is 2.50. The van der Waals surface area contributed by atoms with Crippen LogP contribution < -0.4 is 11.1 Å². The van der Waals surface area contributed by atoms with Crippen LogP contribution in [0, 0.1) is 24.7 Å². The Balaban J connectivity index is 0.00000196. The summed E-state index contributed by atoms with van der Waals surface area (Å²) in [5.41, 5.74) is 6.91. The summed E-state index contributed by atoms with van der Waals surface area (Å²) < 4.78 is 5.19. The average Bonchev–Trinajstić information content (AvgIpc) is 3.31. The Morgan fingerprint density at radius 2 is 1.88 bits per heavy atom. The molecule has 0 spiro atoms. The van der Waals surface area contributed by atoms with Crippen LogP contribution in [0.4, 0.5) is 0 Å².